The van der Waals surface area contributed by atoms with Crippen LogP contribution >= 0.6 is 15.9 Å². The number of anilines is 1. The number of benzene rings is 2. The molecule has 1 aliphatic rings. The fourth-order valence-corrected chi connectivity index (χ4v) is 4.62. The van der Waals surface area contributed by atoms with E-state index in [1.807, 2.05) is 13.1 Å². The number of sulfonamides is 1. The standard InChI is InChI=1S/C18H20BrN3O3S/c1-21-10-12-22(13-11-21)26(24,25)15-8-6-14(7-9-15)20-18(23)16-4-2-3-5-17(16)19/h2-9H,10-13H2,1H3,(H,20,23). The van der Waals surface area contributed by atoms with Crippen LogP contribution in [0.15, 0.2) is 57.9 Å². The zero-order chi connectivity index (χ0) is 18.7. The molecular weight excluding hydrogens is 418 g/mol. The van der Waals surface area contributed by atoms with E-state index in [0.29, 0.717) is 28.8 Å². The van der Waals surface area contributed by atoms with Crippen molar-refractivity contribution in [2.24, 2.45) is 0 Å². The van der Waals surface area contributed by atoms with Gasteiger partial charge in [0.15, 0.2) is 0 Å². The molecule has 1 heterocycles. The number of piperazine rings is 1. The van der Waals surface area contributed by atoms with Crippen LogP contribution in [0, 0.1) is 0 Å². The van der Waals surface area contributed by atoms with Crippen LogP contribution in [0.4, 0.5) is 5.69 Å². The lowest BCUT2D eigenvalue weighted by atomic mass is 10.2. The summed E-state index contributed by atoms with van der Waals surface area (Å²) in [4.78, 5) is 14.7. The van der Waals surface area contributed by atoms with Gasteiger partial charge in [-0.05, 0) is 59.4 Å². The highest BCUT2D eigenvalue weighted by Gasteiger charge is 2.27. The smallest absolute Gasteiger partial charge is 0.256 e. The van der Waals surface area contributed by atoms with Gasteiger partial charge in [0.2, 0.25) is 10.0 Å². The Morgan fingerprint density at radius 1 is 1.00 bits per heavy atom. The summed E-state index contributed by atoms with van der Waals surface area (Å²) in [7, 11) is -1.52. The Balaban J connectivity index is 1.72. The summed E-state index contributed by atoms with van der Waals surface area (Å²) in [5, 5.41) is 2.78. The van der Waals surface area contributed by atoms with Gasteiger partial charge in [0.1, 0.15) is 0 Å². The van der Waals surface area contributed by atoms with Crippen molar-refractivity contribution >= 4 is 37.5 Å². The third kappa shape index (κ3) is 4.15. The summed E-state index contributed by atoms with van der Waals surface area (Å²) in [5.41, 5.74) is 1.06. The van der Waals surface area contributed by atoms with Crippen LogP contribution in [0.5, 0.6) is 0 Å². The third-order valence-electron chi connectivity index (χ3n) is 4.33. The highest BCUT2D eigenvalue weighted by molar-refractivity contribution is 9.10. The lowest BCUT2D eigenvalue weighted by molar-refractivity contribution is 0.102. The second-order valence-corrected chi connectivity index (χ2v) is 8.96. The van der Waals surface area contributed by atoms with Crippen molar-refractivity contribution in [1.29, 1.82) is 0 Å². The van der Waals surface area contributed by atoms with Crippen LogP contribution in [-0.2, 0) is 10.0 Å². The maximum absolute atomic E-state index is 12.7. The Kier molecular flexibility index (Phi) is 5.76. The van der Waals surface area contributed by atoms with Gasteiger partial charge < -0.3 is 10.2 Å². The van der Waals surface area contributed by atoms with E-state index in [9.17, 15) is 13.2 Å². The SMILES string of the molecule is CN1CCN(S(=O)(=O)c2ccc(NC(=O)c3ccccc3Br)cc2)CC1. The van der Waals surface area contributed by atoms with Crippen LogP contribution in [0.1, 0.15) is 10.4 Å². The minimum absolute atomic E-state index is 0.237. The molecule has 1 aliphatic heterocycles. The molecule has 1 fully saturated rings. The first-order valence-corrected chi connectivity index (χ1v) is 10.5. The monoisotopic (exact) mass is 437 g/mol. The predicted molar refractivity (Wildman–Crippen MR) is 105 cm³/mol. The van der Waals surface area contributed by atoms with Crippen LogP contribution in [-0.4, -0.2) is 56.8 Å². The number of amides is 1. The molecule has 0 atom stereocenters. The second-order valence-electron chi connectivity index (χ2n) is 6.17. The minimum Gasteiger partial charge on any atom is -0.322 e. The van der Waals surface area contributed by atoms with Gasteiger partial charge in [0.05, 0.1) is 10.5 Å². The highest BCUT2D eigenvalue weighted by atomic mass is 79.9. The van der Waals surface area contributed by atoms with Crippen molar-refractivity contribution in [1.82, 2.24) is 9.21 Å². The molecule has 0 unspecified atom stereocenters. The van der Waals surface area contributed by atoms with Crippen molar-refractivity contribution in [2.45, 2.75) is 4.90 Å². The summed E-state index contributed by atoms with van der Waals surface area (Å²) in [6, 6.07) is 13.4. The Hall–Kier alpha value is -1.74. The van der Waals surface area contributed by atoms with Crippen molar-refractivity contribution in [2.75, 3.05) is 38.5 Å². The molecule has 2 aromatic rings. The normalized spacial score (nSPS) is 16.4. The van der Waals surface area contributed by atoms with E-state index in [1.54, 1.807) is 30.3 Å². The molecule has 1 amide bonds. The number of likely N-dealkylation sites (N-methyl/N-ethyl adjacent to an activating group) is 1. The Labute approximate surface area is 162 Å². The molecular formula is C18H20BrN3O3S. The summed E-state index contributed by atoms with van der Waals surface area (Å²) in [5.74, 6) is -0.257. The average Bonchev–Trinajstić information content (AvgIpc) is 2.63. The maximum Gasteiger partial charge on any atom is 0.256 e. The molecule has 8 heteroatoms. The van der Waals surface area contributed by atoms with E-state index in [4.69, 9.17) is 0 Å². The zero-order valence-corrected chi connectivity index (χ0v) is 16.8. The number of halogens is 1. The molecule has 0 spiro atoms. The fourth-order valence-electron chi connectivity index (χ4n) is 2.73. The molecule has 0 bridgehead atoms. The first-order valence-electron chi connectivity index (χ1n) is 8.22. The van der Waals surface area contributed by atoms with E-state index in [2.05, 4.69) is 26.1 Å². The molecule has 6 nitrogen and oxygen atoms in total. The van der Waals surface area contributed by atoms with Crippen LogP contribution in [0.2, 0.25) is 0 Å². The van der Waals surface area contributed by atoms with Crippen molar-refractivity contribution < 1.29 is 13.2 Å². The average molecular weight is 438 g/mol. The Morgan fingerprint density at radius 2 is 1.62 bits per heavy atom. The second kappa shape index (κ2) is 7.87. The van der Waals surface area contributed by atoms with Gasteiger partial charge in [0.25, 0.3) is 5.91 Å². The Bertz CT molecular complexity index is 892. The van der Waals surface area contributed by atoms with Crippen LogP contribution < -0.4 is 5.32 Å². The molecule has 2 aromatic carbocycles. The summed E-state index contributed by atoms with van der Waals surface area (Å²) < 4.78 is 27.6. The first-order chi connectivity index (χ1) is 12.4. The van der Waals surface area contributed by atoms with E-state index in [-0.39, 0.29) is 10.8 Å². The highest BCUT2D eigenvalue weighted by Crippen LogP contribution is 2.21. The van der Waals surface area contributed by atoms with Crippen molar-refractivity contribution in [3.05, 3.63) is 58.6 Å². The largest absolute Gasteiger partial charge is 0.322 e. The minimum atomic E-state index is -3.50. The number of hydrogen-bond donors (Lipinski definition) is 1. The molecule has 26 heavy (non-hydrogen) atoms. The van der Waals surface area contributed by atoms with Crippen LogP contribution in [0.25, 0.3) is 0 Å². The van der Waals surface area contributed by atoms with Crippen molar-refractivity contribution in [3.63, 3.8) is 0 Å². The van der Waals surface area contributed by atoms with Crippen molar-refractivity contribution in [3.8, 4) is 0 Å². The van der Waals surface area contributed by atoms with Crippen LogP contribution in [0.3, 0.4) is 0 Å². The number of hydrogen-bond acceptors (Lipinski definition) is 4. The van der Waals surface area contributed by atoms with E-state index in [1.165, 1.54) is 16.4 Å². The number of carbonyl (C=O) groups excluding carboxylic acids is 1. The maximum atomic E-state index is 12.7. The molecule has 0 aliphatic carbocycles. The van der Waals surface area contributed by atoms with Gasteiger partial charge in [-0.3, -0.25) is 4.79 Å². The molecule has 1 saturated heterocycles. The molecule has 1 N–H and O–H groups in total. The topological polar surface area (TPSA) is 69.7 Å². The molecule has 0 radical (unpaired) electrons. The lowest BCUT2D eigenvalue weighted by Gasteiger charge is -2.31. The number of nitrogens with one attached hydrogen (secondary N) is 1. The number of nitrogens with zero attached hydrogens (tertiary/aromatic N) is 2. The van der Waals surface area contributed by atoms with Gasteiger partial charge in [-0.2, -0.15) is 4.31 Å². The summed E-state index contributed by atoms with van der Waals surface area (Å²) in [6.45, 7) is 2.41. The zero-order valence-electron chi connectivity index (χ0n) is 14.4. The van der Waals surface area contributed by atoms with E-state index >= 15 is 0 Å². The van der Waals surface area contributed by atoms with Gasteiger partial charge in [-0.1, -0.05) is 12.1 Å². The third-order valence-corrected chi connectivity index (χ3v) is 6.94. The molecule has 0 aromatic heterocycles. The lowest BCUT2D eigenvalue weighted by Crippen LogP contribution is -2.46. The fraction of sp³-hybridized carbons (Fsp3) is 0.278. The molecule has 3 rings (SSSR count). The number of carbonyl (C=O) groups is 1. The quantitative estimate of drug-likeness (QED) is 0.797. The summed E-state index contributed by atoms with van der Waals surface area (Å²) in [6.07, 6.45) is 0. The molecule has 0 saturated carbocycles. The van der Waals surface area contributed by atoms with E-state index in [0.717, 1.165) is 13.1 Å². The van der Waals surface area contributed by atoms with Gasteiger partial charge in [-0.15, -0.1) is 0 Å². The molecule has 138 valence electrons. The number of rotatable bonds is 4. The van der Waals surface area contributed by atoms with E-state index < -0.39 is 10.0 Å². The van der Waals surface area contributed by atoms with Gasteiger partial charge in [-0.25, -0.2) is 8.42 Å². The summed E-state index contributed by atoms with van der Waals surface area (Å²) >= 11 is 3.35. The van der Waals surface area contributed by atoms with Gasteiger partial charge in [0, 0.05) is 36.3 Å². The first kappa shape index (κ1) is 19.0. The van der Waals surface area contributed by atoms with Gasteiger partial charge >= 0.3 is 0 Å². The predicted octanol–water partition coefficient (Wildman–Crippen LogP) is 2.64. The Morgan fingerprint density at radius 3 is 2.23 bits per heavy atom.